The largest absolute Gasteiger partial charge is 0.481 e. The molecule has 19 heavy (non-hydrogen) atoms. The highest BCUT2D eigenvalue weighted by Crippen LogP contribution is 2.28. The smallest absolute Gasteiger partial charge is 0.222 e. The quantitative estimate of drug-likeness (QED) is 0.890. The van der Waals surface area contributed by atoms with Gasteiger partial charge in [-0.2, -0.15) is 0 Å². The summed E-state index contributed by atoms with van der Waals surface area (Å²) in [4.78, 5) is 12.7. The molecule has 0 atom stereocenters. The van der Waals surface area contributed by atoms with E-state index in [4.69, 9.17) is 4.74 Å². The van der Waals surface area contributed by atoms with E-state index in [0.717, 1.165) is 23.6 Å². The first-order valence-corrected chi connectivity index (χ1v) is 6.41. The lowest BCUT2D eigenvalue weighted by molar-refractivity contribution is 0.398. The third-order valence-corrected chi connectivity index (χ3v) is 3.17. The standard InChI is InChI=1S/C14H16N4O/c1-19-13-6-11(4-5-15-13)12-8-17-14(18-9-12)16-7-10-2-3-10/h4-6,8-10H,2-3,7H2,1H3,(H,16,17,18). The molecule has 1 saturated carbocycles. The molecule has 0 aromatic carbocycles. The van der Waals surface area contributed by atoms with Gasteiger partial charge in [-0.05, 0) is 30.4 Å². The van der Waals surface area contributed by atoms with Gasteiger partial charge in [0.15, 0.2) is 0 Å². The van der Waals surface area contributed by atoms with Gasteiger partial charge < -0.3 is 10.1 Å². The second kappa shape index (κ2) is 5.22. The molecule has 1 aliphatic rings. The second-order valence-electron chi connectivity index (χ2n) is 4.71. The van der Waals surface area contributed by atoms with Crippen molar-refractivity contribution >= 4 is 5.95 Å². The molecular formula is C14H16N4O. The van der Waals surface area contributed by atoms with E-state index >= 15 is 0 Å². The average molecular weight is 256 g/mol. The third-order valence-electron chi connectivity index (χ3n) is 3.17. The highest BCUT2D eigenvalue weighted by molar-refractivity contribution is 5.62. The Balaban J connectivity index is 1.72. The molecule has 0 amide bonds. The Bertz CT molecular complexity index is 552. The summed E-state index contributed by atoms with van der Waals surface area (Å²) in [7, 11) is 1.60. The van der Waals surface area contributed by atoms with E-state index in [0.29, 0.717) is 11.8 Å². The summed E-state index contributed by atoms with van der Waals surface area (Å²) in [5.74, 6) is 2.10. The zero-order valence-electron chi connectivity index (χ0n) is 10.8. The number of rotatable bonds is 5. The fourth-order valence-corrected chi connectivity index (χ4v) is 1.83. The molecular weight excluding hydrogens is 240 g/mol. The van der Waals surface area contributed by atoms with E-state index in [1.54, 1.807) is 13.3 Å². The number of methoxy groups -OCH3 is 1. The highest BCUT2D eigenvalue weighted by atomic mass is 16.5. The molecule has 5 nitrogen and oxygen atoms in total. The van der Waals surface area contributed by atoms with Gasteiger partial charge in [-0.3, -0.25) is 0 Å². The second-order valence-corrected chi connectivity index (χ2v) is 4.71. The lowest BCUT2D eigenvalue weighted by Gasteiger charge is -2.05. The first kappa shape index (κ1) is 11.9. The van der Waals surface area contributed by atoms with E-state index in [-0.39, 0.29) is 0 Å². The van der Waals surface area contributed by atoms with Crippen LogP contribution in [0.5, 0.6) is 5.88 Å². The van der Waals surface area contributed by atoms with Crippen molar-refractivity contribution in [1.82, 2.24) is 15.0 Å². The van der Waals surface area contributed by atoms with Crippen molar-refractivity contribution in [2.24, 2.45) is 5.92 Å². The van der Waals surface area contributed by atoms with E-state index in [1.165, 1.54) is 12.8 Å². The first-order valence-electron chi connectivity index (χ1n) is 6.41. The lowest BCUT2D eigenvalue weighted by Crippen LogP contribution is -2.06. The first-order chi connectivity index (χ1) is 9.35. The van der Waals surface area contributed by atoms with Crippen LogP contribution >= 0.6 is 0 Å². The molecule has 0 bridgehead atoms. The van der Waals surface area contributed by atoms with Crippen LogP contribution in [0.4, 0.5) is 5.95 Å². The van der Waals surface area contributed by atoms with Crippen molar-refractivity contribution in [3.63, 3.8) is 0 Å². The normalized spacial score (nSPS) is 14.2. The van der Waals surface area contributed by atoms with Crippen LogP contribution in [-0.4, -0.2) is 28.6 Å². The minimum Gasteiger partial charge on any atom is -0.481 e. The van der Waals surface area contributed by atoms with Gasteiger partial charge in [0.2, 0.25) is 11.8 Å². The Kier molecular flexibility index (Phi) is 3.27. The van der Waals surface area contributed by atoms with Crippen LogP contribution in [0.1, 0.15) is 12.8 Å². The van der Waals surface area contributed by atoms with Crippen LogP contribution in [0.25, 0.3) is 11.1 Å². The number of hydrogen-bond acceptors (Lipinski definition) is 5. The fourth-order valence-electron chi connectivity index (χ4n) is 1.83. The Morgan fingerprint density at radius 2 is 2.00 bits per heavy atom. The molecule has 5 heteroatoms. The fraction of sp³-hybridized carbons (Fsp3) is 0.357. The maximum Gasteiger partial charge on any atom is 0.222 e. The minimum absolute atomic E-state index is 0.591. The van der Waals surface area contributed by atoms with Crippen molar-refractivity contribution in [3.05, 3.63) is 30.7 Å². The minimum atomic E-state index is 0.591. The topological polar surface area (TPSA) is 59.9 Å². The maximum atomic E-state index is 5.11. The predicted octanol–water partition coefficient (Wildman–Crippen LogP) is 2.37. The van der Waals surface area contributed by atoms with Crippen LogP contribution in [0, 0.1) is 5.92 Å². The Morgan fingerprint density at radius 3 is 2.68 bits per heavy atom. The van der Waals surface area contributed by atoms with Gasteiger partial charge >= 0.3 is 0 Å². The summed E-state index contributed by atoms with van der Waals surface area (Å²) in [6.45, 7) is 0.975. The summed E-state index contributed by atoms with van der Waals surface area (Å²) in [6.07, 6.45) is 7.99. The number of nitrogens with one attached hydrogen (secondary N) is 1. The average Bonchev–Trinajstić information content (AvgIpc) is 3.30. The van der Waals surface area contributed by atoms with Crippen LogP contribution < -0.4 is 10.1 Å². The third kappa shape index (κ3) is 2.99. The molecule has 1 aliphatic carbocycles. The van der Waals surface area contributed by atoms with Gasteiger partial charge in [-0.25, -0.2) is 15.0 Å². The Labute approximate surface area is 112 Å². The van der Waals surface area contributed by atoms with E-state index < -0.39 is 0 Å². The summed E-state index contributed by atoms with van der Waals surface area (Å²) in [5.41, 5.74) is 1.96. The molecule has 2 aromatic rings. The van der Waals surface area contributed by atoms with Crippen LogP contribution in [-0.2, 0) is 0 Å². The van der Waals surface area contributed by atoms with E-state index in [2.05, 4.69) is 20.3 Å². The van der Waals surface area contributed by atoms with Gasteiger partial charge in [0.1, 0.15) is 0 Å². The van der Waals surface area contributed by atoms with Crippen LogP contribution in [0.3, 0.4) is 0 Å². The molecule has 1 N–H and O–H groups in total. The molecule has 0 spiro atoms. The van der Waals surface area contributed by atoms with Gasteiger partial charge in [-0.1, -0.05) is 0 Å². The highest BCUT2D eigenvalue weighted by Gasteiger charge is 2.20. The number of ether oxygens (including phenoxy) is 1. The maximum absolute atomic E-state index is 5.11. The SMILES string of the molecule is COc1cc(-c2cnc(NCC3CC3)nc2)ccn1. The monoisotopic (exact) mass is 256 g/mol. The number of nitrogens with zero attached hydrogens (tertiary/aromatic N) is 3. The number of hydrogen-bond donors (Lipinski definition) is 1. The summed E-state index contributed by atoms with van der Waals surface area (Å²) in [5, 5.41) is 3.25. The molecule has 2 aromatic heterocycles. The summed E-state index contributed by atoms with van der Waals surface area (Å²) >= 11 is 0. The molecule has 3 rings (SSSR count). The van der Waals surface area contributed by atoms with E-state index in [9.17, 15) is 0 Å². The van der Waals surface area contributed by atoms with Crippen LogP contribution in [0.2, 0.25) is 0 Å². The Morgan fingerprint density at radius 1 is 1.21 bits per heavy atom. The van der Waals surface area contributed by atoms with Gasteiger partial charge in [0.25, 0.3) is 0 Å². The summed E-state index contributed by atoms with van der Waals surface area (Å²) < 4.78 is 5.11. The van der Waals surface area contributed by atoms with Gasteiger partial charge in [0, 0.05) is 36.8 Å². The molecule has 0 unspecified atom stereocenters. The predicted molar refractivity (Wildman–Crippen MR) is 73.0 cm³/mol. The van der Waals surface area contributed by atoms with E-state index in [1.807, 2.05) is 24.5 Å². The van der Waals surface area contributed by atoms with Crippen molar-refractivity contribution in [2.75, 3.05) is 19.0 Å². The van der Waals surface area contributed by atoms with Gasteiger partial charge in [0.05, 0.1) is 7.11 Å². The molecule has 0 aliphatic heterocycles. The van der Waals surface area contributed by atoms with Crippen LogP contribution in [0.15, 0.2) is 30.7 Å². The number of pyridine rings is 1. The molecule has 98 valence electrons. The van der Waals surface area contributed by atoms with Crippen molar-refractivity contribution < 1.29 is 4.74 Å². The number of aromatic nitrogens is 3. The molecule has 0 saturated heterocycles. The molecule has 2 heterocycles. The molecule has 0 radical (unpaired) electrons. The van der Waals surface area contributed by atoms with Crippen molar-refractivity contribution in [2.45, 2.75) is 12.8 Å². The van der Waals surface area contributed by atoms with Crippen molar-refractivity contribution in [1.29, 1.82) is 0 Å². The summed E-state index contributed by atoms with van der Waals surface area (Å²) in [6, 6.07) is 3.79. The lowest BCUT2D eigenvalue weighted by atomic mass is 10.1. The zero-order chi connectivity index (χ0) is 13.1. The Hall–Kier alpha value is -2.17. The number of anilines is 1. The molecule has 1 fully saturated rings. The zero-order valence-corrected chi connectivity index (χ0v) is 10.8. The van der Waals surface area contributed by atoms with Crippen molar-refractivity contribution in [3.8, 4) is 17.0 Å². The van der Waals surface area contributed by atoms with Gasteiger partial charge in [-0.15, -0.1) is 0 Å².